The van der Waals surface area contributed by atoms with E-state index in [9.17, 15) is 4.79 Å². The number of benzene rings is 1. The second kappa shape index (κ2) is 6.54. The van der Waals surface area contributed by atoms with Crippen molar-refractivity contribution in [3.63, 3.8) is 0 Å². The zero-order valence-electron chi connectivity index (χ0n) is 14.1. The molecule has 3 rings (SSSR count). The van der Waals surface area contributed by atoms with Gasteiger partial charge < -0.3 is 9.47 Å². The highest BCUT2D eigenvalue weighted by Crippen LogP contribution is 2.25. The van der Waals surface area contributed by atoms with Gasteiger partial charge in [-0.3, -0.25) is 9.69 Å². The summed E-state index contributed by atoms with van der Waals surface area (Å²) in [5.41, 5.74) is 1.90. The van der Waals surface area contributed by atoms with Crippen LogP contribution in [0.1, 0.15) is 34.8 Å². The van der Waals surface area contributed by atoms with Crippen molar-refractivity contribution >= 4 is 5.91 Å². The zero-order chi connectivity index (χ0) is 16.4. The molecule has 0 N–H and O–H groups in total. The predicted molar refractivity (Wildman–Crippen MR) is 90.4 cm³/mol. The first kappa shape index (κ1) is 15.7. The van der Waals surface area contributed by atoms with Gasteiger partial charge in [-0.1, -0.05) is 30.3 Å². The molecule has 122 valence electrons. The van der Waals surface area contributed by atoms with E-state index in [2.05, 4.69) is 45.6 Å². The zero-order valence-corrected chi connectivity index (χ0v) is 14.1. The summed E-state index contributed by atoms with van der Waals surface area (Å²) >= 11 is 0. The quantitative estimate of drug-likeness (QED) is 0.869. The molecule has 0 radical (unpaired) electrons. The second-order valence-corrected chi connectivity index (χ2v) is 6.32. The third-order valence-corrected chi connectivity index (χ3v) is 4.51. The van der Waals surface area contributed by atoms with Crippen LogP contribution in [0.15, 0.2) is 36.5 Å². The summed E-state index contributed by atoms with van der Waals surface area (Å²) in [5.74, 6) is 0.962. The highest BCUT2D eigenvalue weighted by molar-refractivity contribution is 5.91. The van der Waals surface area contributed by atoms with Crippen LogP contribution in [-0.4, -0.2) is 52.4 Å². The fourth-order valence-corrected chi connectivity index (χ4v) is 3.09. The van der Waals surface area contributed by atoms with E-state index in [0.717, 1.165) is 31.9 Å². The van der Waals surface area contributed by atoms with Crippen LogP contribution in [0, 0.1) is 0 Å². The fraction of sp³-hybridized carbons (Fsp3) is 0.444. The molecule has 1 aliphatic heterocycles. The summed E-state index contributed by atoms with van der Waals surface area (Å²) in [6.07, 6.45) is 2.93. The topological polar surface area (TPSA) is 41.4 Å². The summed E-state index contributed by atoms with van der Waals surface area (Å²) in [6, 6.07) is 10.8. The highest BCUT2D eigenvalue weighted by Gasteiger charge is 2.27. The van der Waals surface area contributed by atoms with E-state index < -0.39 is 0 Å². The van der Waals surface area contributed by atoms with Gasteiger partial charge in [0.25, 0.3) is 5.91 Å². The molecular formula is C18H24N4O. The molecule has 0 saturated carbocycles. The standard InChI is InChI=1S/C18H24N4O/c1-14-17-19-16(18(23)20(2)3)13-22(17)12-11-21(14)10-9-15-7-5-4-6-8-15/h4-8,13-14H,9-12H2,1-3H3. The Kier molecular flexibility index (Phi) is 4.48. The number of imidazole rings is 1. The van der Waals surface area contributed by atoms with Crippen molar-refractivity contribution in [3.8, 4) is 0 Å². The first-order valence-electron chi connectivity index (χ1n) is 8.13. The van der Waals surface area contributed by atoms with Gasteiger partial charge in [-0.25, -0.2) is 4.98 Å². The minimum atomic E-state index is -0.0325. The van der Waals surface area contributed by atoms with Crippen molar-refractivity contribution in [2.75, 3.05) is 27.2 Å². The first-order valence-corrected chi connectivity index (χ1v) is 8.13. The van der Waals surface area contributed by atoms with Gasteiger partial charge in [0.15, 0.2) is 0 Å². The Balaban J connectivity index is 1.70. The molecule has 2 aromatic rings. The van der Waals surface area contributed by atoms with Crippen molar-refractivity contribution in [3.05, 3.63) is 53.6 Å². The van der Waals surface area contributed by atoms with Gasteiger partial charge in [-0.2, -0.15) is 0 Å². The molecule has 0 fully saturated rings. The lowest BCUT2D eigenvalue weighted by atomic mass is 10.1. The maximum atomic E-state index is 12.1. The number of carbonyl (C=O) groups excluding carboxylic acids is 1. The Morgan fingerprint density at radius 1 is 1.26 bits per heavy atom. The highest BCUT2D eigenvalue weighted by atomic mass is 16.2. The van der Waals surface area contributed by atoms with E-state index >= 15 is 0 Å². The van der Waals surface area contributed by atoms with E-state index in [4.69, 9.17) is 0 Å². The van der Waals surface area contributed by atoms with Gasteiger partial charge in [0.05, 0.1) is 6.04 Å². The molecule has 5 nitrogen and oxygen atoms in total. The Bertz CT molecular complexity index is 678. The van der Waals surface area contributed by atoms with E-state index in [1.807, 2.05) is 12.3 Å². The molecule has 1 amide bonds. The summed E-state index contributed by atoms with van der Waals surface area (Å²) in [4.78, 5) is 20.7. The number of amides is 1. The molecular weight excluding hydrogens is 288 g/mol. The van der Waals surface area contributed by atoms with Gasteiger partial charge in [0.2, 0.25) is 0 Å². The lowest BCUT2D eigenvalue weighted by Crippen LogP contribution is -2.38. The summed E-state index contributed by atoms with van der Waals surface area (Å²) in [5, 5.41) is 0. The number of aromatic nitrogens is 2. The Morgan fingerprint density at radius 2 is 2.00 bits per heavy atom. The van der Waals surface area contributed by atoms with Crippen molar-refractivity contribution in [2.45, 2.75) is 25.9 Å². The van der Waals surface area contributed by atoms with Crippen LogP contribution in [-0.2, 0) is 13.0 Å². The number of carbonyl (C=O) groups is 1. The number of fused-ring (bicyclic) bond motifs is 1. The Hall–Kier alpha value is -2.14. The number of nitrogens with zero attached hydrogens (tertiary/aromatic N) is 4. The number of hydrogen-bond donors (Lipinski definition) is 0. The van der Waals surface area contributed by atoms with Gasteiger partial charge in [-0.05, 0) is 18.9 Å². The minimum absolute atomic E-state index is 0.0325. The minimum Gasteiger partial charge on any atom is -0.343 e. The maximum Gasteiger partial charge on any atom is 0.273 e. The van der Waals surface area contributed by atoms with Crippen LogP contribution < -0.4 is 0 Å². The third kappa shape index (κ3) is 3.29. The van der Waals surface area contributed by atoms with Gasteiger partial charge in [0, 0.05) is 39.9 Å². The monoisotopic (exact) mass is 312 g/mol. The first-order chi connectivity index (χ1) is 11.1. The molecule has 1 aromatic heterocycles. The van der Waals surface area contributed by atoms with Crippen LogP contribution in [0.25, 0.3) is 0 Å². The number of hydrogen-bond acceptors (Lipinski definition) is 3. The van der Waals surface area contributed by atoms with Crippen molar-refractivity contribution in [1.29, 1.82) is 0 Å². The SMILES string of the molecule is CC1c2nc(C(=O)N(C)C)cn2CCN1CCc1ccccc1. The molecule has 1 aromatic carbocycles. The molecule has 23 heavy (non-hydrogen) atoms. The predicted octanol–water partition coefficient (Wildman–Crippen LogP) is 2.20. The molecule has 0 aliphatic carbocycles. The van der Waals surface area contributed by atoms with Crippen LogP contribution in [0.2, 0.25) is 0 Å². The second-order valence-electron chi connectivity index (χ2n) is 6.32. The molecule has 1 unspecified atom stereocenters. The van der Waals surface area contributed by atoms with Crippen LogP contribution in [0.5, 0.6) is 0 Å². The van der Waals surface area contributed by atoms with E-state index in [0.29, 0.717) is 5.69 Å². The maximum absolute atomic E-state index is 12.1. The average Bonchev–Trinajstić information content (AvgIpc) is 2.99. The summed E-state index contributed by atoms with van der Waals surface area (Å²) in [6.45, 7) is 5.07. The molecule has 0 saturated heterocycles. The van der Waals surface area contributed by atoms with E-state index in [-0.39, 0.29) is 11.9 Å². The fourth-order valence-electron chi connectivity index (χ4n) is 3.09. The van der Waals surface area contributed by atoms with Crippen LogP contribution in [0.4, 0.5) is 0 Å². The smallest absolute Gasteiger partial charge is 0.273 e. The van der Waals surface area contributed by atoms with Gasteiger partial charge in [-0.15, -0.1) is 0 Å². The van der Waals surface area contributed by atoms with Crippen molar-refractivity contribution in [2.24, 2.45) is 0 Å². The molecule has 1 atom stereocenters. The van der Waals surface area contributed by atoms with Gasteiger partial charge in [0.1, 0.15) is 11.5 Å². The van der Waals surface area contributed by atoms with E-state index in [1.54, 1.807) is 19.0 Å². The lowest BCUT2D eigenvalue weighted by Gasteiger charge is -2.33. The molecule has 0 bridgehead atoms. The van der Waals surface area contributed by atoms with E-state index in [1.165, 1.54) is 5.56 Å². The van der Waals surface area contributed by atoms with Gasteiger partial charge >= 0.3 is 0 Å². The molecule has 1 aliphatic rings. The lowest BCUT2D eigenvalue weighted by molar-refractivity contribution is 0.0822. The summed E-state index contributed by atoms with van der Waals surface area (Å²) in [7, 11) is 3.52. The van der Waals surface area contributed by atoms with Crippen molar-refractivity contribution < 1.29 is 4.79 Å². The molecule has 2 heterocycles. The average molecular weight is 312 g/mol. The number of rotatable bonds is 4. The molecule has 5 heteroatoms. The van der Waals surface area contributed by atoms with Crippen LogP contribution >= 0.6 is 0 Å². The Morgan fingerprint density at radius 3 is 2.70 bits per heavy atom. The normalized spacial score (nSPS) is 17.8. The van der Waals surface area contributed by atoms with Crippen LogP contribution in [0.3, 0.4) is 0 Å². The van der Waals surface area contributed by atoms with Crippen molar-refractivity contribution in [1.82, 2.24) is 19.4 Å². The Labute approximate surface area is 137 Å². The summed E-state index contributed by atoms with van der Waals surface area (Å²) < 4.78 is 2.13. The third-order valence-electron chi connectivity index (χ3n) is 4.51. The molecule has 0 spiro atoms. The largest absolute Gasteiger partial charge is 0.343 e.